The van der Waals surface area contributed by atoms with Gasteiger partial charge in [0.1, 0.15) is 5.75 Å². The largest absolute Gasteiger partial charge is 0.497 e. The summed E-state index contributed by atoms with van der Waals surface area (Å²) in [5, 5.41) is 1.17. The first kappa shape index (κ1) is 13.4. The van der Waals surface area contributed by atoms with Crippen LogP contribution in [0, 0.1) is 0 Å². The van der Waals surface area contributed by atoms with Crippen LogP contribution in [-0.2, 0) is 11.3 Å². The topological polar surface area (TPSA) is 69.3 Å². The number of ether oxygens (including phenoxy) is 1. The van der Waals surface area contributed by atoms with Gasteiger partial charge in [0, 0.05) is 30.1 Å². The minimum absolute atomic E-state index is 0.109. The van der Waals surface area contributed by atoms with Gasteiger partial charge in [-0.25, -0.2) is 5.84 Å². The van der Waals surface area contributed by atoms with Gasteiger partial charge in [-0.2, -0.15) is 0 Å². The van der Waals surface area contributed by atoms with E-state index < -0.39 is 0 Å². The quantitative estimate of drug-likeness (QED) is 0.360. The number of aryl methyl sites for hydroxylation is 1. The first-order valence-electron chi connectivity index (χ1n) is 6.37. The van der Waals surface area contributed by atoms with E-state index in [9.17, 15) is 4.79 Å². The van der Waals surface area contributed by atoms with Crippen molar-refractivity contribution in [3.05, 3.63) is 30.5 Å². The Balaban J connectivity index is 1.96. The Hall–Kier alpha value is -2.01. The monoisotopic (exact) mass is 261 g/mol. The lowest BCUT2D eigenvalue weighted by Gasteiger charge is -2.06. The zero-order valence-corrected chi connectivity index (χ0v) is 11.1. The molecule has 1 aromatic carbocycles. The third kappa shape index (κ3) is 3.26. The van der Waals surface area contributed by atoms with Crippen molar-refractivity contribution in [3.63, 3.8) is 0 Å². The highest BCUT2D eigenvalue weighted by Crippen LogP contribution is 2.22. The van der Waals surface area contributed by atoms with Gasteiger partial charge in [0.25, 0.3) is 0 Å². The number of rotatable bonds is 6. The molecule has 2 aromatic rings. The average Bonchev–Trinajstić information content (AvgIpc) is 2.85. The maximum atomic E-state index is 11.0. The Morgan fingerprint density at radius 2 is 2.21 bits per heavy atom. The number of nitrogens with one attached hydrogen (secondary N) is 1. The number of carbonyl (C=O) groups excluding carboxylic acids is 1. The molecule has 0 radical (unpaired) electrons. The van der Waals surface area contributed by atoms with Gasteiger partial charge < -0.3 is 9.30 Å². The standard InChI is InChI=1S/C14H19N3O2/c1-19-12-5-6-13-11(10-12)7-9-17(13)8-3-2-4-14(18)16-15/h5-7,9-10H,2-4,8,15H2,1H3,(H,16,18). The van der Waals surface area contributed by atoms with Crippen molar-refractivity contribution < 1.29 is 9.53 Å². The highest BCUT2D eigenvalue weighted by Gasteiger charge is 2.03. The summed E-state index contributed by atoms with van der Waals surface area (Å²) in [6.45, 7) is 0.897. The van der Waals surface area contributed by atoms with Crippen molar-refractivity contribution in [1.29, 1.82) is 0 Å². The summed E-state index contributed by atoms with van der Waals surface area (Å²) in [5.74, 6) is 5.79. The number of amides is 1. The van der Waals surface area contributed by atoms with Crippen LogP contribution in [0.25, 0.3) is 10.9 Å². The molecule has 0 bridgehead atoms. The Bertz CT molecular complexity index is 563. The minimum atomic E-state index is -0.109. The molecule has 0 atom stereocenters. The first-order valence-corrected chi connectivity index (χ1v) is 6.37. The van der Waals surface area contributed by atoms with Gasteiger partial charge in [-0.1, -0.05) is 0 Å². The second-order valence-electron chi connectivity index (χ2n) is 4.46. The zero-order chi connectivity index (χ0) is 13.7. The second-order valence-corrected chi connectivity index (χ2v) is 4.46. The Morgan fingerprint density at radius 3 is 2.95 bits per heavy atom. The number of carbonyl (C=O) groups is 1. The van der Waals surface area contributed by atoms with Crippen molar-refractivity contribution in [2.24, 2.45) is 5.84 Å². The lowest BCUT2D eigenvalue weighted by atomic mass is 10.2. The van der Waals surface area contributed by atoms with E-state index in [-0.39, 0.29) is 5.91 Å². The number of nitrogens with two attached hydrogens (primary N) is 1. The molecule has 0 saturated heterocycles. The van der Waals surface area contributed by atoms with Gasteiger partial charge in [-0.15, -0.1) is 0 Å². The van der Waals surface area contributed by atoms with Gasteiger partial charge in [0.15, 0.2) is 0 Å². The lowest BCUT2D eigenvalue weighted by Crippen LogP contribution is -2.29. The molecule has 3 N–H and O–H groups in total. The smallest absolute Gasteiger partial charge is 0.233 e. The number of hydrazine groups is 1. The number of unbranched alkanes of at least 4 members (excludes halogenated alkanes) is 1. The van der Waals surface area contributed by atoms with Gasteiger partial charge in [0.2, 0.25) is 5.91 Å². The van der Waals surface area contributed by atoms with Crippen molar-refractivity contribution in [1.82, 2.24) is 9.99 Å². The molecule has 0 aliphatic carbocycles. The number of benzene rings is 1. The molecule has 5 nitrogen and oxygen atoms in total. The maximum absolute atomic E-state index is 11.0. The molecule has 5 heteroatoms. The van der Waals surface area contributed by atoms with Crippen LogP contribution < -0.4 is 16.0 Å². The number of hydrogen-bond acceptors (Lipinski definition) is 3. The van der Waals surface area contributed by atoms with Crippen molar-refractivity contribution >= 4 is 16.8 Å². The van der Waals surface area contributed by atoms with Crippen molar-refractivity contribution in [3.8, 4) is 5.75 Å². The molecule has 0 aliphatic heterocycles. The molecule has 0 aliphatic rings. The van der Waals surface area contributed by atoms with Gasteiger partial charge in [-0.05, 0) is 37.1 Å². The summed E-state index contributed by atoms with van der Waals surface area (Å²) in [4.78, 5) is 11.0. The number of aromatic nitrogens is 1. The molecule has 2 rings (SSSR count). The van der Waals surface area contributed by atoms with E-state index in [1.165, 1.54) is 10.9 Å². The molecule has 0 spiro atoms. The third-order valence-electron chi connectivity index (χ3n) is 3.19. The SMILES string of the molecule is COc1ccc2c(ccn2CCCCC(=O)NN)c1. The summed E-state index contributed by atoms with van der Waals surface area (Å²) in [6, 6.07) is 8.11. The van der Waals surface area contributed by atoms with Crippen LogP contribution in [-0.4, -0.2) is 17.6 Å². The summed E-state index contributed by atoms with van der Waals surface area (Å²) in [5.41, 5.74) is 3.33. The third-order valence-corrected chi connectivity index (χ3v) is 3.19. The van der Waals surface area contributed by atoms with Crippen molar-refractivity contribution in [2.45, 2.75) is 25.8 Å². The fraction of sp³-hybridized carbons (Fsp3) is 0.357. The van der Waals surface area contributed by atoms with Crippen LogP contribution in [0.3, 0.4) is 0 Å². The molecular weight excluding hydrogens is 242 g/mol. The molecule has 0 saturated carbocycles. The maximum Gasteiger partial charge on any atom is 0.233 e. The highest BCUT2D eigenvalue weighted by atomic mass is 16.5. The molecule has 1 aromatic heterocycles. The van der Waals surface area contributed by atoms with E-state index in [0.717, 1.165) is 25.1 Å². The summed E-state index contributed by atoms with van der Waals surface area (Å²) in [7, 11) is 1.67. The Labute approximate surface area is 112 Å². The van der Waals surface area contributed by atoms with E-state index in [1.54, 1.807) is 7.11 Å². The van der Waals surface area contributed by atoms with Crippen LogP contribution in [0.1, 0.15) is 19.3 Å². The van der Waals surface area contributed by atoms with Gasteiger partial charge >= 0.3 is 0 Å². The molecule has 1 heterocycles. The zero-order valence-electron chi connectivity index (χ0n) is 11.1. The van der Waals surface area contributed by atoms with Gasteiger partial charge in [-0.3, -0.25) is 10.2 Å². The molecule has 1 amide bonds. The van der Waals surface area contributed by atoms with Crippen LogP contribution >= 0.6 is 0 Å². The summed E-state index contributed by atoms with van der Waals surface area (Å²) < 4.78 is 7.39. The number of nitrogens with zero attached hydrogens (tertiary/aromatic N) is 1. The van der Waals surface area contributed by atoms with E-state index in [0.29, 0.717) is 6.42 Å². The normalized spacial score (nSPS) is 10.6. The van der Waals surface area contributed by atoms with E-state index >= 15 is 0 Å². The molecule has 19 heavy (non-hydrogen) atoms. The summed E-state index contributed by atoms with van der Waals surface area (Å²) >= 11 is 0. The van der Waals surface area contributed by atoms with E-state index in [1.807, 2.05) is 12.1 Å². The number of fused-ring (bicyclic) bond motifs is 1. The van der Waals surface area contributed by atoms with Crippen LogP contribution in [0.4, 0.5) is 0 Å². The van der Waals surface area contributed by atoms with Crippen LogP contribution in [0.5, 0.6) is 5.75 Å². The summed E-state index contributed by atoms with van der Waals surface area (Å²) in [6.07, 6.45) is 4.32. The van der Waals surface area contributed by atoms with Crippen LogP contribution in [0.15, 0.2) is 30.5 Å². The van der Waals surface area contributed by atoms with E-state index in [2.05, 4.69) is 28.3 Å². The second kappa shape index (κ2) is 6.24. The van der Waals surface area contributed by atoms with Gasteiger partial charge in [0.05, 0.1) is 7.11 Å². The molecular formula is C14H19N3O2. The average molecular weight is 261 g/mol. The molecule has 102 valence electrons. The minimum Gasteiger partial charge on any atom is -0.497 e. The first-order chi connectivity index (χ1) is 9.24. The van der Waals surface area contributed by atoms with E-state index in [4.69, 9.17) is 10.6 Å². The molecule has 0 unspecified atom stereocenters. The predicted octanol–water partition coefficient (Wildman–Crippen LogP) is 1.81. The highest BCUT2D eigenvalue weighted by molar-refractivity contribution is 5.81. The Morgan fingerprint density at radius 1 is 1.37 bits per heavy atom. The fourth-order valence-corrected chi connectivity index (χ4v) is 2.14. The lowest BCUT2D eigenvalue weighted by molar-refractivity contribution is -0.121. The number of hydrogen-bond donors (Lipinski definition) is 2. The fourth-order valence-electron chi connectivity index (χ4n) is 2.14. The number of methoxy groups -OCH3 is 1. The molecule has 0 fully saturated rings. The Kier molecular flexibility index (Phi) is 4.41. The van der Waals surface area contributed by atoms with Crippen molar-refractivity contribution in [2.75, 3.05) is 7.11 Å². The predicted molar refractivity (Wildman–Crippen MR) is 74.7 cm³/mol. The van der Waals surface area contributed by atoms with Crippen LogP contribution in [0.2, 0.25) is 0 Å².